The van der Waals surface area contributed by atoms with Crippen LogP contribution in [0.3, 0.4) is 0 Å². The Labute approximate surface area is 105 Å². The monoisotopic (exact) mass is 232 g/mol. The Bertz CT molecular complexity index is 396. The van der Waals surface area contributed by atoms with Crippen molar-refractivity contribution >= 4 is 5.69 Å². The minimum Gasteiger partial charge on any atom is -0.365 e. The van der Waals surface area contributed by atoms with Crippen molar-refractivity contribution in [1.29, 1.82) is 0 Å². The Morgan fingerprint density at radius 2 is 2.00 bits per heavy atom. The van der Waals surface area contributed by atoms with Crippen molar-refractivity contribution < 1.29 is 0 Å². The molecule has 1 N–H and O–H groups in total. The van der Waals surface area contributed by atoms with Crippen molar-refractivity contribution in [2.24, 2.45) is 0 Å². The number of aryl methyl sites for hydroxylation is 1. The largest absolute Gasteiger partial charge is 0.365 e. The Kier molecular flexibility index (Phi) is 3.43. The van der Waals surface area contributed by atoms with Gasteiger partial charge in [-0.2, -0.15) is 0 Å². The summed E-state index contributed by atoms with van der Waals surface area (Å²) in [6, 6.07) is 6.63. The van der Waals surface area contributed by atoms with Crippen LogP contribution in [-0.2, 0) is 0 Å². The first-order chi connectivity index (χ1) is 8.02. The molecule has 1 aromatic carbocycles. The van der Waals surface area contributed by atoms with E-state index in [2.05, 4.69) is 56.1 Å². The standard InChI is InChI=1S/C15H24N2/c1-12-7-5-8-14(13(12)2)17-10-6-9-16-11-15(17,3)4/h5,7-8,16H,6,9-11H2,1-4H3. The second-order valence-electron chi connectivity index (χ2n) is 5.71. The molecule has 0 saturated carbocycles. The number of anilines is 1. The van der Waals surface area contributed by atoms with Gasteiger partial charge < -0.3 is 10.2 Å². The summed E-state index contributed by atoms with van der Waals surface area (Å²) in [5.41, 5.74) is 4.39. The average Bonchev–Trinajstić information content (AvgIpc) is 2.44. The fourth-order valence-electron chi connectivity index (χ4n) is 2.63. The van der Waals surface area contributed by atoms with Crippen molar-refractivity contribution in [1.82, 2.24) is 5.32 Å². The zero-order chi connectivity index (χ0) is 12.5. The third kappa shape index (κ3) is 2.47. The van der Waals surface area contributed by atoms with Crippen molar-refractivity contribution in [2.75, 3.05) is 24.5 Å². The van der Waals surface area contributed by atoms with Crippen LogP contribution in [0.4, 0.5) is 5.69 Å². The van der Waals surface area contributed by atoms with Gasteiger partial charge in [0.15, 0.2) is 0 Å². The van der Waals surface area contributed by atoms with Crippen LogP contribution in [0.2, 0.25) is 0 Å². The summed E-state index contributed by atoms with van der Waals surface area (Å²) in [6.45, 7) is 12.4. The molecule has 0 spiro atoms. The van der Waals surface area contributed by atoms with Gasteiger partial charge in [0.2, 0.25) is 0 Å². The van der Waals surface area contributed by atoms with E-state index in [-0.39, 0.29) is 5.54 Å². The van der Waals surface area contributed by atoms with E-state index in [4.69, 9.17) is 0 Å². The first kappa shape index (κ1) is 12.4. The van der Waals surface area contributed by atoms with E-state index in [1.165, 1.54) is 23.2 Å². The molecular formula is C15H24N2. The molecule has 17 heavy (non-hydrogen) atoms. The van der Waals surface area contributed by atoms with Crippen LogP contribution < -0.4 is 10.2 Å². The maximum Gasteiger partial charge on any atom is 0.0470 e. The predicted octanol–water partition coefficient (Wildman–Crippen LogP) is 2.88. The molecule has 0 aliphatic carbocycles. The van der Waals surface area contributed by atoms with Gasteiger partial charge in [0.1, 0.15) is 0 Å². The van der Waals surface area contributed by atoms with Crippen LogP contribution in [0, 0.1) is 13.8 Å². The number of rotatable bonds is 1. The molecule has 0 unspecified atom stereocenters. The van der Waals surface area contributed by atoms with Crippen molar-refractivity contribution in [3.63, 3.8) is 0 Å². The smallest absolute Gasteiger partial charge is 0.0470 e. The Morgan fingerprint density at radius 1 is 1.24 bits per heavy atom. The number of nitrogens with one attached hydrogen (secondary N) is 1. The summed E-state index contributed by atoms with van der Waals surface area (Å²) in [4.78, 5) is 2.56. The Balaban J connectivity index is 2.39. The lowest BCUT2D eigenvalue weighted by Crippen LogP contribution is -2.49. The third-order valence-electron chi connectivity index (χ3n) is 3.89. The van der Waals surface area contributed by atoms with Gasteiger partial charge >= 0.3 is 0 Å². The highest BCUT2D eigenvalue weighted by Gasteiger charge is 2.29. The van der Waals surface area contributed by atoms with Gasteiger partial charge in [-0.3, -0.25) is 0 Å². The highest BCUT2D eigenvalue weighted by molar-refractivity contribution is 5.57. The molecule has 1 aliphatic rings. The van der Waals surface area contributed by atoms with Crippen LogP contribution in [0.25, 0.3) is 0 Å². The summed E-state index contributed by atoms with van der Waals surface area (Å²) < 4.78 is 0. The van der Waals surface area contributed by atoms with Gasteiger partial charge in [0, 0.05) is 24.3 Å². The molecule has 0 aromatic heterocycles. The average molecular weight is 232 g/mol. The van der Waals surface area contributed by atoms with E-state index in [0.717, 1.165) is 19.6 Å². The lowest BCUT2D eigenvalue weighted by molar-refractivity contribution is 0.461. The van der Waals surface area contributed by atoms with Gasteiger partial charge in [-0.15, -0.1) is 0 Å². The number of hydrogen-bond donors (Lipinski definition) is 1. The minimum atomic E-state index is 0.190. The molecule has 2 heteroatoms. The van der Waals surface area contributed by atoms with Crippen LogP contribution in [0.5, 0.6) is 0 Å². The number of benzene rings is 1. The Hall–Kier alpha value is -1.02. The molecule has 2 nitrogen and oxygen atoms in total. The fraction of sp³-hybridized carbons (Fsp3) is 0.600. The van der Waals surface area contributed by atoms with E-state index in [1.807, 2.05) is 0 Å². The molecule has 0 bridgehead atoms. The highest BCUT2D eigenvalue weighted by Crippen LogP contribution is 2.29. The molecule has 1 fully saturated rings. The summed E-state index contributed by atoms with van der Waals surface area (Å²) in [7, 11) is 0. The molecule has 0 atom stereocenters. The number of hydrogen-bond acceptors (Lipinski definition) is 2. The maximum absolute atomic E-state index is 3.53. The zero-order valence-electron chi connectivity index (χ0n) is 11.5. The summed E-state index contributed by atoms with van der Waals surface area (Å²) in [5, 5.41) is 3.53. The van der Waals surface area contributed by atoms with Crippen molar-refractivity contribution in [2.45, 2.75) is 39.7 Å². The second-order valence-corrected chi connectivity index (χ2v) is 5.71. The fourth-order valence-corrected chi connectivity index (χ4v) is 2.63. The van der Waals surface area contributed by atoms with Gasteiger partial charge in [-0.25, -0.2) is 0 Å². The predicted molar refractivity (Wildman–Crippen MR) is 74.8 cm³/mol. The second kappa shape index (κ2) is 4.69. The molecule has 0 amide bonds. The van der Waals surface area contributed by atoms with Crippen molar-refractivity contribution in [3.8, 4) is 0 Å². The lowest BCUT2D eigenvalue weighted by Gasteiger charge is -2.40. The van der Waals surface area contributed by atoms with E-state index < -0.39 is 0 Å². The lowest BCUT2D eigenvalue weighted by atomic mass is 9.99. The van der Waals surface area contributed by atoms with Gasteiger partial charge in [-0.05, 0) is 57.9 Å². The van der Waals surface area contributed by atoms with Crippen molar-refractivity contribution in [3.05, 3.63) is 29.3 Å². The van der Waals surface area contributed by atoms with Crippen LogP contribution in [0.15, 0.2) is 18.2 Å². The molecule has 0 radical (unpaired) electrons. The molecular weight excluding hydrogens is 208 g/mol. The number of nitrogens with zero attached hydrogens (tertiary/aromatic N) is 1. The zero-order valence-corrected chi connectivity index (χ0v) is 11.5. The van der Waals surface area contributed by atoms with Gasteiger partial charge in [0.25, 0.3) is 0 Å². The van der Waals surface area contributed by atoms with E-state index in [9.17, 15) is 0 Å². The van der Waals surface area contributed by atoms with E-state index in [0.29, 0.717) is 0 Å². The Morgan fingerprint density at radius 3 is 2.76 bits per heavy atom. The van der Waals surface area contributed by atoms with E-state index in [1.54, 1.807) is 0 Å². The highest BCUT2D eigenvalue weighted by atomic mass is 15.2. The summed E-state index contributed by atoms with van der Waals surface area (Å²) >= 11 is 0. The first-order valence-electron chi connectivity index (χ1n) is 6.57. The molecule has 1 heterocycles. The molecule has 1 saturated heterocycles. The maximum atomic E-state index is 3.53. The summed E-state index contributed by atoms with van der Waals surface area (Å²) in [5.74, 6) is 0. The molecule has 1 aliphatic heterocycles. The SMILES string of the molecule is Cc1cccc(N2CCCNCC2(C)C)c1C. The van der Waals surface area contributed by atoms with Gasteiger partial charge in [-0.1, -0.05) is 12.1 Å². The quantitative estimate of drug-likeness (QED) is 0.801. The van der Waals surface area contributed by atoms with Crippen LogP contribution >= 0.6 is 0 Å². The first-order valence-corrected chi connectivity index (χ1v) is 6.57. The molecule has 1 aromatic rings. The van der Waals surface area contributed by atoms with Crippen LogP contribution in [0.1, 0.15) is 31.4 Å². The summed E-state index contributed by atoms with van der Waals surface area (Å²) in [6.07, 6.45) is 1.22. The normalized spacial score (nSPS) is 20.1. The van der Waals surface area contributed by atoms with Gasteiger partial charge in [0.05, 0.1) is 0 Å². The molecule has 94 valence electrons. The third-order valence-corrected chi connectivity index (χ3v) is 3.89. The topological polar surface area (TPSA) is 15.3 Å². The molecule has 2 rings (SSSR count). The van der Waals surface area contributed by atoms with Crippen LogP contribution in [-0.4, -0.2) is 25.2 Å². The minimum absolute atomic E-state index is 0.190. The van der Waals surface area contributed by atoms with E-state index >= 15 is 0 Å².